The topological polar surface area (TPSA) is 42.7 Å². The summed E-state index contributed by atoms with van der Waals surface area (Å²) >= 11 is 9.40. The first-order valence-electron chi connectivity index (χ1n) is 5.63. The number of imidazole rings is 1. The van der Waals surface area contributed by atoms with E-state index in [1.54, 1.807) is 6.20 Å². The summed E-state index contributed by atoms with van der Waals surface area (Å²) in [4.78, 5) is 8.23. The monoisotopic (exact) mass is 328 g/mol. The summed E-state index contributed by atoms with van der Waals surface area (Å²) in [5.41, 5.74) is 1.92. The van der Waals surface area contributed by atoms with Gasteiger partial charge in [-0.2, -0.15) is 0 Å². The summed E-state index contributed by atoms with van der Waals surface area (Å²) in [6.45, 7) is 4.91. The molecule has 2 heterocycles. The Morgan fingerprint density at radius 3 is 2.94 bits per heavy atom. The van der Waals surface area contributed by atoms with Gasteiger partial charge >= 0.3 is 0 Å². The standard InChI is InChI=1S/C12H14BrClN4/c1-8(2)18-7-15-5-10(18)6-16-11-3-9(13)4-17-12(11)14/h3-5,7-8,16H,6H2,1-2H3. The Balaban J connectivity index is 2.11. The van der Waals surface area contributed by atoms with E-state index in [9.17, 15) is 0 Å². The predicted molar refractivity (Wildman–Crippen MR) is 76.9 cm³/mol. The SMILES string of the molecule is CC(C)n1cncc1CNc1cc(Br)cnc1Cl. The second-order valence-electron chi connectivity index (χ2n) is 4.23. The van der Waals surface area contributed by atoms with Crippen LogP contribution in [0.1, 0.15) is 25.6 Å². The van der Waals surface area contributed by atoms with E-state index in [0.29, 0.717) is 17.7 Å². The van der Waals surface area contributed by atoms with E-state index in [1.807, 2.05) is 18.6 Å². The van der Waals surface area contributed by atoms with Crippen molar-refractivity contribution in [3.8, 4) is 0 Å². The highest BCUT2D eigenvalue weighted by molar-refractivity contribution is 9.10. The van der Waals surface area contributed by atoms with Gasteiger partial charge in [-0.15, -0.1) is 0 Å². The highest BCUT2D eigenvalue weighted by Crippen LogP contribution is 2.23. The minimum absolute atomic E-state index is 0.389. The summed E-state index contributed by atoms with van der Waals surface area (Å²) in [7, 11) is 0. The summed E-state index contributed by atoms with van der Waals surface area (Å²) in [5.74, 6) is 0. The van der Waals surface area contributed by atoms with Gasteiger partial charge in [-0.25, -0.2) is 9.97 Å². The molecule has 2 aromatic heterocycles. The lowest BCUT2D eigenvalue weighted by atomic mass is 10.3. The molecule has 1 N–H and O–H groups in total. The van der Waals surface area contributed by atoms with Crippen LogP contribution < -0.4 is 5.32 Å². The lowest BCUT2D eigenvalue weighted by Crippen LogP contribution is -2.09. The number of anilines is 1. The highest BCUT2D eigenvalue weighted by atomic mass is 79.9. The molecule has 0 atom stereocenters. The van der Waals surface area contributed by atoms with Crippen LogP contribution in [0.25, 0.3) is 0 Å². The molecule has 18 heavy (non-hydrogen) atoms. The van der Waals surface area contributed by atoms with E-state index in [1.165, 1.54) is 0 Å². The van der Waals surface area contributed by atoms with Crippen molar-refractivity contribution >= 4 is 33.2 Å². The van der Waals surface area contributed by atoms with E-state index in [4.69, 9.17) is 11.6 Å². The van der Waals surface area contributed by atoms with Gasteiger partial charge in [-0.1, -0.05) is 11.6 Å². The zero-order valence-electron chi connectivity index (χ0n) is 10.2. The van der Waals surface area contributed by atoms with Crippen LogP contribution in [0.15, 0.2) is 29.3 Å². The Morgan fingerprint density at radius 2 is 2.22 bits per heavy atom. The molecule has 0 saturated heterocycles. The van der Waals surface area contributed by atoms with Crippen molar-refractivity contribution in [1.29, 1.82) is 0 Å². The Bertz CT molecular complexity index is 539. The van der Waals surface area contributed by atoms with Gasteiger partial charge in [0.2, 0.25) is 0 Å². The van der Waals surface area contributed by atoms with Crippen LogP contribution in [-0.4, -0.2) is 14.5 Å². The number of aromatic nitrogens is 3. The molecule has 2 rings (SSSR count). The molecule has 0 aromatic carbocycles. The molecule has 96 valence electrons. The molecule has 6 heteroatoms. The zero-order chi connectivity index (χ0) is 13.1. The van der Waals surface area contributed by atoms with Crippen LogP contribution in [0.2, 0.25) is 5.15 Å². The number of nitrogens with zero attached hydrogens (tertiary/aromatic N) is 3. The molecule has 0 saturated carbocycles. The minimum atomic E-state index is 0.389. The van der Waals surface area contributed by atoms with E-state index in [-0.39, 0.29) is 0 Å². The minimum Gasteiger partial charge on any atom is -0.377 e. The van der Waals surface area contributed by atoms with Crippen LogP contribution >= 0.6 is 27.5 Å². The summed E-state index contributed by atoms with van der Waals surface area (Å²) < 4.78 is 3.01. The third-order valence-electron chi connectivity index (χ3n) is 2.57. The molecule has 0 spiro atoms. The maximum atomic E-state index is 6.02. The molecule has 0 radical (unpaired) electrons. The Hall–Kier alpha value is -1.07. The quantitative estimate of drug-likeness (QED) is 0.865. The zero-order valence-corrected chi connectivity index (χ0v) is 12.5. The van der Waals surface area contributed by atoms with Crippen molar-refractivity contribution in [3.63, 3.8) is 0 Å². The predicted octanol–water partition coefficient (Wildman–Crippen LogP) is 3.89. The third-order valence-corrected chi connectivity index (χ3v) is 3.30. The number of hydrogen-bond donors (Lipinski definition) is 1. The molecule has 4 nitrogen and oxygen atoms in total. The van der Waals surface area contributed by atoms with Crippen molar-refractivity contribution in [2.24, 2.45) is 0 Å². The Labute approximate surface area is 120 Å². The third kappa shape index (κ3) is 3.03. The van der Waals surface area contributed by atoms with Crippen molar-refractivity contribution in [2.45, 2.75) is 26.4 Å². The first-order valence-corrected chi connectivity index (χ1v) is 6.80. The van der Waals surface area contributed by atoms with Gasteiger partial charge < -0.3 is 9.88 Å². The van der Waals surface area contributed by atoms with Gasteiger partial charge in [0, 0.05) is 22.9 Å². The van der Waals surface area contributed by atoms with Gasteiger partial charge in [0.1, 0.15) is 0 Å². The van der Waals surface area contributed by atoms with Crippen LogP contribution in [0.4, 0.5) is 5.69 Å². The first-order chi connectivity index (χ1) is 8.58. The lowest BCUT2D eigenvalue weighted by Gasteiger charge is -2.13. The van der Waals surface area contributed by atoms with Gasteiger partial charge in [0.05, 0.1) is 24.3 Å². The fourth-order valence-electron chi connectivity index (χ4n) is 1.67. The normalized spacial score (nSPS) is 10.9. The molecular weight excluding hydrogens is 316 g/mol. The summed E-state index contributed by atoms with van der Waals surface area (Å²) in [5, 5.41) is 3.73. The molecule has 0 amide bonds. The number of nitrogens with one attached hydrogen (secondary N) is 1. The van der Waals surface area contributed by atoms with Crippen LogP contribution in [0.3, 0.4) is 0 Å². The second-order valence-corrected chi connectivity index (χ2v) is 5.51. The number of pyridine rings is 1. The van der Waals surface area contributed by atoms with Crippen LogP contribution in [0.5, 0.6) is 0 Å². The molecule has 0 aliphatic carbocycles. The largest absolute Gasteiger partial charge is 0.377 e. The maximum Gasteiger partial charge on any atom is 0.152 e. The van der Waals surface area contributed by atoms with E-state index in [2.05, 4.69) is 49.6 Å². The van der Waals surface area contributed by atoms with E-state index in [0.717, 1.165) is 15.9 Å². The average Bonchev–Trinajstić information content (AvgIpc) is 2.79. The number of halogens is 2. The summed E-state index contributed by atoms with van der Waals surface area (Å²) in [6.07, 6.45) is 5.36. The smallest absolute Gasteiger partial charge is 0.152 e. The van der Waals surface area contributed by atoms with E-state index >= 15 is 0 Å². The molecule has 2 aromatic rings. The second kappa shape index (κ2) is 5.71. The average molecular weight is 330 g/mol. The van der Waals surface area contributed by atoms with Crippen molar-refractivity contribution in [1.82, 2.24) is 14.5 Å². The van der Waals surface area contributed by atoms with Crippen molar-refractivity contribution in [3.05, 3.63) is 40.1 Å². The maximum absolute atomic E-state index is 6.02. The molecule has 0 unspecified atom stereocenters. The Morgan fingerprint density at radius 1 is 1.44 bits per heavy atom. The van der Waals surface area contributed by atoms with Crippen LogP contribution in [0, 0.1) is 0 Å². The molecule has 0 aliphatic heterocycles. The van der Waals surface area contributed by atoms with Gasteiger partial charge in [0.15, 0.2) is 5.15 Å². The molecule has 0 fully saturated rings. The van der Waals surface area contributed by atoms with Crippen molar-refractivity contribution < 1.29 is 0 Å². The highest BCUT2D eigenvalue weighted by Gasteiger charge is 2.07. The lowest BCUT2D eigenvalue weighted by molar-refractivity contribution is 0.577. The fraction of sp³-hybridized carbons (Fsp3) is 0.333. The summed E-state index contributed by atoms with van der Waals surface area (Å²) in [6, 6.07) is 2.30. The molecule has 0 aliphatic rings. The fourth-order valence-corrected chi connectivity index (χ4v) is 2.17. The Kier molecular flexibility index (Phi) is 4.24. The van der Waals surface area contributed by atoms with Gasteiger partial charge in [0.25, 0.3) is 0 Å². The van der Waals surface area contributed by atoms with E-state index < -0.39 is 0 Å². The number of rotatable bonds is 4. The van der Waals surface area contributed by atoms with Gasteiger partial charge in [-0.3, -0.25) is 0 Å². The number of hydrogen-bond acceptors (Lipinski definition) is 3. The van der Waals surface area contributed by atoms with Crippen molar-refractivity contribution in [2.75, 3.05) is 5.32 Å². The molecular formula is C12H14BrClN4. The van der Waals surface area contributed by atoms with Gasteiger partial charge in [-0.05, 0) is 35.8 Å². The van der Waals surface area contributed by atoms with Crippen LogP contribution in [-0.2, 0) is 6.54 Å². The first kappa shape index (κ1) is 13.4. The molecule has 0 bridgehead atoms.